The smallest absolute Gasteiger partial charge is 0.276 e. The Balaban J connectivity index is 1.87. The highest BCUT2D eigenvalue weighted by Gasteiger charge is 2.18. The fourth-order valence-electron chi connectivity index (χ4n) is 1.76. The van der Waals surface area contributed by atoms with E-state index in [0.29, 0.717) is 22.3 Å². The maximum absolute atomic E-state index is 12.2. The first-order valence-electron chi connectivity index (χ1n) is 5.98. The van der Waals surface area contributed by atoms with Crippen molar-refractivity contribution in [3.05, 3.63) is 40.7 Å². The lowest BCUT2D eigenvalue weighted by molar-refractivity contribution is 0.102. The molecule has 3 aromatic rings. The van der Waals surface area contributed by atoms with Gasteiger partial charge in [-0.1, -0.05) is 0 Å². The SMILES string of the molecule is Cc1cn[nH]c1NC(=O)c1nc(-c2ccco2)sc1C. The van der Waals surface area contributed by atoms with E-state index in [0.717, 1.165) is 10.4 Å². The van der Waals surface area contributed by atoms with Gasteiger partial charge >= 0.3 is 0 Å². The molecule has 2 N–H and O–H groups in total. The molecule has 0 aliphatic heterocycles. The summed E-state index contributed by atoms with van der Waals surface area (Å²) in [6, 6.07) is 3.61. The van der Waals surface area contributed by atoms with Crippen LogP contribution >= 0.6 is 11.3 Å². The second-order valence-corrected chi connectivity index (χ2v) is 5.49. The van der Waals surface area contributed by atoms with E-state index in [2.05, 4.69) is 20.5 Å². The van der Waals surface area contributed by atoms with E-state index in [1.165, 1.54) is 11.3 Å². The molecule has 0 atom stereocenters. The molecule has 0 saturated carbocycles. The molecule has 0 aliphatic rings. The number of aryl methyl sites for hydroxylation is 2. The number of thiazole rings is 1. The Morgan fingerprint density at radius 2 is 2.30 bits per heavy atom. The zero-order chi connectivity index (χ0) is 14.1. The van der Waals surface area contributed by atoms with Crippen LogP contribution in [0.25, 0.3) is 10.8 Å². The van der Waals surface area contributed by atoms with Gasteiger partial charge in [0.15, 0.2) is 10.8 Å². The molecule has 0 bridgehead atoms. The van der Waals surface area contributed by atoms with Gasteiger partial charge in [0.2, 0.25) is 0 Å². The third kappa shape index (κ3) is 2.23. The molecule has 7 heteroatoms. The third-order valence-corrected chi connectivity index (χ3v) is 3.80. The van der Waals surface area contributed by atoms with Crippen molar-refractivity contribution >= 4 is 23.1 Å². The first-order valence-corrected chi connectivity index (χ1v) is 6.79. The monoisotopic (exact) mass is 288 g/mol. The van der Waals surface area contributed by atoms with Gasteiger partial charge in [0.05, 0.1) is 12.5 Å². The highest BCUT2D eigenvalue weighted by Crippen LogP contribution is 2.28. The van der Waals surface area contributed by atoms with Gasteiger partial charge in [0.1, 0.15) is 11.5 Å². The Kier molecular flexibility index (Phi) is 3.11. The van der Waals surface area contributed by atoms with Crippen molar-refractivity contribution in [3.63, 3.8) is 0 Å². The van der Waals surface area contributed by atoms with Crippen LogP contribution in [0, 0.1) is 13.8 Å². The average molecular weight is 288 g/mol. The first-order chi connectivity index (χ1) is 9.65. The summed E-state index contributed by atoms with van der Waals surface area (Å²) in [4.78, 5) is 17.4. The van der Waals surface area contributed by atoms with E-state index in [-0.39, 0.29) is 5.91 Å². The number of nitrogens with one attached hydrogen (secondary N) is 2. The molecular weight excluding hydrogens is 276 g/mol. The molecule has 102 valence electrons. The zero-order valence-electron chi connectivity index (χ0n) is 10.9. The molecule has 1 amide bonds. The molecule has 3 aromatic heterocycles. The Bertz CT molecular complexity index is 742. The van der Waals surface area contributed by atoms with Crippen molar-refractivity contribution in [2.75, 3.05) is 5.32 Å². The fraction of sp³-hybridized carbons (Fsp3) is 0.154. The maximum atomic E-state index is 12.2. The number of carbonyl (C=O) groups excluding carboxylic acids is 1. The summed E-state index contributed by atoms with van der Waals surface area (Å²) in [5, 5.41) is 10.1. The van der Waals surface area contributed by atoms with Crippen molar-refractivity contribution in [3.8, 4) is 10.8 Å². The summed E-state index contributed by atoms with van der Waals surface area (Å²) in [5.41, 5.74) is 1.27. The lowest BCUT2D eigenvalue weighted by Crippen LogP contribution is -2.14. The van der Waals surface area contributed by atoms with Gasteiger partial charge in [0, 0.05) is 10.4 Å². The third-order valence-electron chi connectivity index (χ3n) is 2.81. The van der Waals surface area contributed by atoms with E-state index >= 15 is 0 Å². The molecule has 0 unspecified atom stereocenters. The molecule has 0 aromatic carbocycles. The number of amides is 1. The van der Waals surface area contributed by atoms with Crippen LogP contribution in [0.15, 0.2) is 29.0 Å². The summed E-state index contributed by atoms with van der Waals surface area (Å²) in [7, 11) is 0. The standard InChI is InChI=1S/C13H12N4O2S/c1-7-6-14-17-11(7)16-12(18)10-8(2)20-13(15-10)9-4-3-5-19-9/h3-6H,1-2H3,(H2,14,16,17,18). The quantitative estimate of drug-likeness (QED) is 0.776. The Morgan fingerprint density at radius 3 is 2.95 bits per heavy atom. The predicted molar refractivity (Wildman–Crippen MR) is 75.8 cm³/mol. The highest BCUT2D eigenvalue weighted by atomic mass is 32.1. The number of furan rings is 1. The zero-order valence-corrected chi connectivity index (χ0v) is 11.7. The lowest BCUT2D eigenvalue weighted by Gasteiger charge is -2.01. The Labute approximate surface area is 118 Å². The van der Waals surface area contributed by atoms with Crippen LogP contribution in [0.5, 0.6) is 0 Å². The van der Waals surface area contributed by atoms with Crippen molar-refractivity contribution < 1.29 is 9.21 Å². The Morgan fingerprint density at radius 1 is 1.45 bits per heavy atom. The van der Waals surface area contributed by atoms with Crippen LogP contribution in [0.3, 0.4) is 0 Å². The van der Waals surface area contributed by atoms with Crippen LogP contribution in [0.1, 0.15) is 20.9 Å². The number of aromatic amines is 1. The number of nitrogens with zero attached hydrogens (tertiary/aromatic N) is 2. The van der Waals surface area contributed by atoms with E-state index in [1.54, 1.807) is 18.5 Å². The van der Waals surface area contributed by atoms with E-state index in [4.69, 9.17) is 4.42 Å². The summed E-state index contributed by atoms with van der Waals surface area (Å²) >= 11 is 1.43. The number of carbonyl (C=O) groups is 1. The van der Waals surface area contributed by atoms with Crippen LogP contribution in [-0.2, 0) is 0 Å². The molecular formula is C13H12N4O2S. The summed E-state index contributed by atoms with van der Waals surface area (Å²) in [6.45, 7) is 3.72. The summed E-state index contributed by atoms with van der Waals surface area (Å²) in [6.07, 6.45) is 3.23. The van der Waals surface area contributed by atoms with Gasteiger partial charge < -0.3 is 9.73 Å². The second kappa shape index (κ2) is 4.93. The largest absolute Gasteiger partial charge is 0.462 e. The average Bonchev–Trinajstić information content (AvgIpc) is 3.11. The number of hydrogen-bond acceptors (Lipinski definition) is 5. The van der Waals surface area contributed by atoms with Crippen molar-refractivity contribution in [1.82, 2.24) is 15.2 Å². The molecule has 0 radical (unpaired) electrons. The van der Waals surface area contributed by atoms with Gasteiger partial charge in [-0.3, -0.25) is 9.89 Å². The van der Waals surface area contributed by atoms with Crippen LogP contribution in [-0.4, -0.2) is 21.1 Å². The Hall–Kier alpha value is -2.41. The van der Waals surface area contributed by atoms with Crippen molar-refractivity contribution in [2.24, 2.45) is 0 Å². The van der Waals surface area contributed by atoms with Gasteiger partial charge in [-0.15, -0.1) is 11.3 Å². The molecule has 3 rings (SSSR count). The van der Waals surface area contributed by atoms with Crippen LogP contribution in [0.4, 0.5) is 5.82 Å². The summed E-state index contributed by atoms with van der Waals surface area (Å²) in [5.74, 6) is 0.987. The second-order valence-electron chi connectivity index (χ2n) is 4.28. The normalized spacial score (nSPS) is 10.7. The molecule has 0 aliphatic carbocycles. The fourth-order valence-corrected chi connectivity index (χ4v) is 2.64. The molecule has 6 nitrogen and oxygen atoms in total. The van der Waals surface area contributed by atoms with Gasteiger partial charge in [-0.05, 0) is 26.0 Å². The van der Waals surface area contributed by atoms with Crippen molar-refractivity contribution in [2.45, 2.75) is 13.8 Å². The number of H-pyrrole nitrogens is 1. The van der Waals surface area contributed by atoms with E-state index < -0.39 is 0 Å². The molecule has 0 spiro atoms. The lowest BCUT2D eigenvalue weighted by atomic mass is 10.3. The molecule has 0 fully saturated rings. The molecule has 3 heterocycles. The number of aromatic nitrogens is 3. The minimum absolute atomic E-state index is 0.260. The minimum Gasteiger partial charge on any atom is -0.462 e. The highest BCUT2D eigenvalue weighted by molar-refractivity contribution is 7.15. The number of rotatable bonds is 3. The van der Waals surface area contributed by atoms with E-state index in [9.17, 15) is 4.79 Å². The summed E-state index contributed by atoms with van der Waals surface area (Å²) < 4.78 is 5.29. The van der Waals surface area contributed by atoms with Gasteiger partial charge in [-0.2, -0.15) is 5.10 Å². The van der Waals surface area contributed by atoms with Crippen LogP contribution < -0.4 is 5.32 Å². The van der Waals surface area contributed by atoms with Crippen LogP contribution in [0.2, 0.25) is 0 Å². The predicted octanol–water partition coefficient (Wildman–Crippen LogP) is 3.00. The topological polar surface area (TPSA) is 83.8 Å². The molecule has 20 heavy (non-hydrogen) atoms. The van der Waals surface area contributed by atoms with E-state index in [1.807, 2.05) is 19.9 Å². The minimum atomic E-state index is -0.260. The molecule has 0 saturated heterocycles. The number of hydrogen-bond donors (Lipinski definition) is 2. The first kappa shape index (κ1) is 12.6. The van der Waals surface area contributed by atoms with Gasteiger partial charge in [-0.25, -0.2) is 4.98 Å². The van der Waals surface area contributed by atoms with Gasteiger partial charge in [0.25, 0.3) is 5.91 Å². The van der Waals surface area contributed by atoms with Crippen molar-refractivity contribution in [1.29, 1.82) is 0 Å². The number of anilines is 1. The maximum Gasteiger partial charge on any atom is 0.276 e.